The van der Waals surface area contributed by atoms with Gasteiger partial charge in [-0.2, -0.15) is 4.39 Å². The van der Waals surface area contributed by atoms with Gasteiger partial charge in [0, 0.05) is 11.1 Å². The molecule has 0 aliphatic carbocycles. The molecule has 2 aromatic rings. The Morgan fingerprint density at radius 3 is 2.60 bits per heavy atom. The molecule has 1 N–H and O–H groups in total. The first-order valence-electron chi connectivity index (χ1n) is 6.11. The molecule has 0 saturated carbocycles. The SMILES string of the molecule is CNC(C)c1ccc(Oc2cccc(F)c2F)cc1Cl. The number of hydrogen-bond donors (Lipinski definition) is 1. The van der Waals surface area contributed by atoms with Crippen molar-refractivity contribution in [3.05, 3.63) is 58.6 Å². The number of ether oxygens (including phenoxy) is 1. The van der Waals surface area contributed by atoms with Crippen LogP contribution in [0.2, 0.25) is 5.02 Å². The maximum absolute atomic E-state index is 13.5. The lowest BCUT2D eigenvalue weighted by Crippen LogP contribution is -2.12. The normalized spacial score (nSPS) is 12.2. The average Bonchev–Trinajstić information content (AvgIpc) is 2.43. The molecule has 0 bridgehead atoms. The van der Waals surface area contributed by atoms with Crippen LogP contribution in [-0.4, -0.2) is 7.05 Å². The molecule has 0 aromatic heterocycles. The highest BCUT2D eigenvalue weighted by Crippen LogP contribution is 2.31. The van der Waals surface area contributed by atoms with Gasteiger partial charge in [0.2, 0.25) is 5.82 Å². The van der Waals surface area contributed by atoms with Crippen LogP contribution in [0.1, 0.15) is 18.5 Å². The van der Waals surface area contributed by atoms with Crippen LogP contribution in [0.15, 0.2) is 36.4 Å². The molecular weight excluding hydrogens is 284 g/mol. The Bertz CT molecular complexity index is 619. The van der Waals surface area contributed by atoms with Crippen LogP contribution in [0.4, 0.5) is 8.78 Å². The zero-order valence-electron chi connectivity index (χ0n) is 11.1. The number of nitrogens with one attached hydrogen (secondary N) is 1. The van der Waals surface area contributed by atoms with Gasteiger partial charge in [-0.1, -0.05) is 23.7 Å². The second-order valence-electron chi connectivity index (χ2n) is 4.35. The molecule has 0 radical (unpaired) electrons. The molecule has 0 aliphatic heterocycles. The highest BCUT2D eigenvalue weighted by molar-refractivity contribution is 6.31. The molecule has 5 heteroatoms. The van der Waals surface area contributed by atoms with E-state index in [1.54, 1.807) is 18.2 Å². The number of hydrogen-bond acceptors (Lipinski definition) is 2. The quantitative estimate of drug-likeness (QED) is 0.884. The third-order valence-electron chi connectivity index (χ3n) is 3.02. The zero-order valence-corrected chi connectivity index (χ0v) is 11.8. The molecule has 0 aliphatic rings. The van der Waals surface area contributed by atoms with Gasteiger partial charge < -0.3 is 10.1 Å². The second-order valence-corrected chi connectivity index (χ2v) is 4.75. The van der Waals surface area contributed by atoms with Gasteiger partial charge in [0.1, 0.15) is 5.75 Å². The second kappa shape index (κ2) is 6.20. The van der Waals surface area contributed by atoms with E-state index in [1.807, 2.05) is 14.0 Å². The van der Waals surface area contributed by atoms with Crippen LogP contribution >= 0.6 is 11.6 Å². The molecule has 2 nitrogen and oxygen atoms in total. The molecule has 1 unspecified atom stereocenters. The van der Waals surface area contributed by atoms with E-state index in [9.17, 15) is 8.78 Å². The molecule has 0 fully saturated rings. The van der Waals surface area contributed by atoms with Crippen LogP contribution in [0.5, 0.6) is 11.5 Å². The van der Waals surface area contributed by atoms with Crippen molar-refractivity contribution in [3.63, 3.8) is 0 Å². The molecule has 2 rings (SSSR count). The van der Waals surface area contributed by atoms with Crippen molar-refractivity contribution in [2.75, 3.05) is 7.05 Å². The first-order valence-corrected chi connectivity index (χ1v) is 6.49. The molecule has 106 valence electrons. The summed E-state index contributed by atoms with van der Waals surface area (Å²) in [4.78, 5) is 0. The third kappa shape index (κ3) is 3.08. The minimum Gasteiger partial charge on any atom is -0.454 e. The van der Waals surface area contributed by atoms with Crippen LogP contribution in [-0.2, 0) is 0 Å². The van der Waals surface area contributed by atoms with Gasteiger partial charge in [0.15, 0.2) is 11.6 Å². The van der Waals surface area contributed by atoms with E-state index < -0.39 is 11.6 Å². The summed E-state index contributed by atoms with van der Waals surface area (Å²) in [6.07, 6.45) is 0. The van der Waals surface area contributed by atoms with E-state index in [4.69, 9.17) is 16.3 Å². The summed E-state index contributed by atoms with van der Waals surface area (Å²) in [5.41, 5.74) is 0.904. The maximum Gasteiger partial charge on any atom is 0.201 e. The molecule has 20 heavy (non-hydrogen) atoms. The van der Waals surface area contributed by atoms with E-state index in [-0.39, 0.29) is 11.8 Å². The standard InChI is InChI=1S/C15H14ClF2NO/c1-9(19-2)11-7-6-10(8-12(11)16)20-14-5-3-4-13(17)15(14)18/h3-9,19H,1-2H3. The lowest BCUT2D eigenvalue weighted by Gasteiger charge is -2.14. The van der Waals surface area contributed by atoms with Crippen molar-refractivity contribution in [1.29, 1.82) is 0 Å². The van der Waals surface area contributed by atoms with E-state index in [0.29, 0.717) is 10.8 Å². The maximum atomic E-state index is 13.5. The topological polar surface area (TPSA) is 21.3 Å². The van der Waals surface area contributed by atoms with Gasteiger partial charge in [0.25, 0.3) is 0 Å². The van der Waals surface area contributed by atoms with Gasteiger partial charge in [0.05, 0.1) is 0 Å². The minimum atomic E-state index is -1.02. The van der Waals surface area contributed by atoms with E-state index in [1.165, 1.54) is 12.1 Å². The van der Waals surface area contributed by atoms with Crippen LogP contribution in [0.25, 0.3) is 0 Å². The predicted octanol–water partition coefficient (Wildman–Crippen LogP) is 4.69. The molecule has 0 heterocycles. The predicted molar refractivity (Wildman–Crippen MR) is 75.4 cm³/mol. The first-order chi connectivity index (χ1) is 9.52. The van der Waals surface area contributed by atoms with E-state index in [2.05, 4.69) is 5.32 Å². The smallest absolute Gasteiger partial charge is 0.201 e. The van der Waals surface area contributed by atoms with Crippen LogP contribution in [0.3, 0.4) is 0 Å². The zero-order chi connectivity index (χ0) is 14.7. The average molecular weight is 298 g/mol. The van der Waals surface area contributed by atoms with Crippen LogP contribution in [0, 0.1) is 11.6 Å². The fourth-order valence-corrected chi connectivity index (χ4v) is 2.10. The summed E-state index contributed by atoms with van der Waals surface area (Å²) in [6.45, 7) is 1.97. The highest BCUT2D eigenvalue weighted by Gasteiger charge is 2.12. The Labute approximate surface area is 121 Å². The van der Waals surface area contributed by atoms with Crippen molar-refractivity contribution in [2.24, 2.45) is 0 Å². The Balaban J connectivity index is 2.27. The van der Waals surface area contributed by atoms with Gasteiger partial charge >= 0.3 is 0 Å². The fraction of sp³-hybridized carbons (Fsp3) is 0.200. The summed E-state index contributed by atoms with van der Waals surface area (Å²) in [6, 6.07) is 8.89. The van der Waals surface area contributed by atoms with Crippen molar-refractivity contribution in [1.82, 2.24) is 5.32 Å². The lowest BCUT2D eigenvalue weighted by molar-refractivity contribution is 0.416. The van der Waals surface area contributed by atoms with E-state index in [0.717, 1.165) is 11.6 Å². The summed E-state index contributed by atoms with van der Waals surface area (Å²) in [7, 11) is 1.83. The van der Waals surface area contributed by atoms with Gasteiger partial charge in [-0.25, -0.2) is 4.39 Å². The Morgan fingerprint density at radius 2 is 1.95 bits per heavy atom. The summed E-state index contributed by atoms with van der Waals surface area (Å²) in [5.74, 6) is -1.78. The fourth-order valence-electron chi connectivity index (χ4n) is 1.77. The van der Waals surface area contributed by atoms with E-state index >= 15 is 0 Å². The number of rotatable bonds is 4. The third-order valence-corrected chi connectivity index (χ3v) is 3.34. The van der Waals surface area contributed by atoms with Crippen LogP contribution < -0.4 is 10.1 Å². The Hall–Kier alpha value is -1.65. The molecular formula is C15H14ClF2NO. The van der Waals surface area contributed by atoms with Crippen molar-refractivity contribution in [2.45, 2.75) is 13.0 Å². The number of benzene rings is 2. The Morgan fingerprint density at radius 1 is 1.20 bits per heavy atom. The van der Waals surface area contributed by atoms with Gasteiger partial charge in [-0.3, -0.25) is 0 Å². The van der Waals surface area contributed by atoms with Gasteiger partial charge in [-0.05, 0) is 43.8 Å². The molecule has 0 spiro atoms. The summed E-state index contributed by atoms with van der Waals surface area (Å²) in [5, 5.41) is 3.57. The minimum absolute atomic E-state index is 0.0856. The molecule has 2 aromatic carbocycles. The molecule has 1 atom stereocenters. The monoisotopic (exact) mass is 297 g/mol. The Kier molecular flexibility index (Phi) is 4.57. The van der Waals surface area contributed by atoms with Crippen molar-refractivity contribution < 1.29 is 13.5 Å². The summed E-state index contributed by atoms with van der Waals surface area (Å²) < 4.78 is 31.9. The first kappa shape index (κ1) is 14.8. The largest absolute Gasteiger partial charge is 0.454 e. The number of halogens is 3. The summed E-state index contributed by atoms with van der Waals surface area (Å²) >= 11 is 6.15. The molecule has 0 amide bonds. The highest BCUT2D eigenvalue weighted by atomic mass is 35.5. The van der Waals surface area contributed by atoms with Crippen molar-refractivity contribution >= 4 is 11.6 Å². The van der Waals surface area contributed by atoms with Crippen molar-refractivity contribution in [3.8, 4) is 11.5 Å². The van der Waals surface area contributed by atoms with Gasteiger partial charge in [-0.15, -0.1) is 0 Å². The lowest BCUT2D eigenvalue weighted by atomic mass is 10.1. The molecule has 0 saturated heterocycles.